The van der Waals surface area contributed by atoms with E-state index in [1.54, 1.807) is 21.3 Å². The Morgan fingerprint density at radius 2 is 0.900 bits per heavy atom. The van der Waals surface area contributed by atoms with Crippen molar-refractivity contribution in [3.8, 4) is 17.2 Å². The number of benzene rings is 2. The fraction of sp³-hybridized carbons (Fsp3) is 0.733. The van der Waals surface area contributed by atoms with Crippen molar-refractivity contribution in [3.63, 3.8) is 0 Å². The van der Waals surface area contributed by atoms with E-state index in [0.29, 0.717) is 5.75 Å². The van der Waals surface area contributed by atoms with Gasteiger partial charge in [-0.3, -0.25) is 0 Å². The first-order chi connectivity index (χ1) is 24.6. The molecule has 0 amide bonds. The van der Waals surface area contributed by atoms with Crippen molar-refractivity contribution in [2.45, 2.75) is 193 Å². The fourth-order valence-corrected chi connectivity index (χ4v) is 7.70. The van der Waals surface area contributed by atoms with E-state index < -0.39 is 0 Å². The molecule has 0 saturated heterocycles. The van der Waals surface area contributed by atoms with Crippen molar-refractivity contribution >= 4 is 21.9 Å². The average Bonchev–Trinajstić information content (AvgIpc) is 3.50. The summed E-state index contributed by atoms with van der Waals surface area (Å²) in [6, 6.07) is 6.67. The van der Waals surface area contributed by atoms with Gasteiger partial charge in [0.15, 0.2) is 22.7 Å². The summed E-state index contributed by atoms with van der Waals surface area (Å²) in [4.78, 5) is 0. The minimum atomic E-state index is -0.120. The second kappa shape index (κ2) is 25.5. The van der Waals surface area contributed by atoms with Crippen LogP contribution in [-0.2, 0) is 12.8 Å². The van der Waals surface area contributed by atoms with E-state index >= 15 is 0 Å². The molecule has 0 bridgehead atoms. The van der Waals surface area contributed by atoms with Gasteiger partial charge < -0.3 is 23.7 Å². The van der Waals surface area contributed by atoms with E-state index in [4.69, 9.17) is 18.6 Å². The molecule has 5 heteroatoms. The van der Waals surface area contributed by atoms with Crippen LogP contribution in [0, 0.1) is 0 Å². The monoisotopic (exact) mass is 695 g/mol. The van der Waals surface area contributed by atoms with Crippen LogP contribution in [0.3, 0.4) is 0 Å². The number of rotatable bonds is 31. The molecule has 0 spiro atoms. The summed E-state index contributed by atoms with van der Waals surface area (Å²) >= 11 is 0. The lowest BCUT2D eigenvalue weighted by Crippen LogP contribution is -2.05. The van der Waals surface area contributed by atoms with Gasteiger partial charge in [-0.2, -0.15) is 0 Å². The Kier molecular flexibility index (Phi) is 21.5. The van der Waals surface area contributed by atoms with E-state index in [-0.39, 0.29) is 6.10 Å². The lowest BCUT2D eigenvalue weighted by atomic mass is 9.99. The van der Waals surface area contributed by atoms with Crippen LogP contribution in [0.2, 0.25) is 0 Å². The summed E-state index contributed by atoms with van der Waals surface area (Å²) in [5.74, 6) is 2.30. The zero-order chi connectivity index (χ0) is 35.8. The number of hydrogen-bond donors (Lipinski definition) is 1. The molecule has 5 nitrogen and oxygen atoms in total. The van der Waals surface area contributed by atoms with Crippen LogP contribution in [0.15, 0.2) is 22.6 Å². The summed E-state index contributed by atoms with van der Waals surface area (Å²) in [6.07, 6.45) is 33.4. The topological polar surface area (TPSA) is 61.1 Å². The van der Waals surface area contributed by atoms with Gasteiger partial charge in [0.2, 0.25) is 5.75 Å². The van der Waals surface area contributed by atoms with Crippen molar-refractivity contribution in [1.29, 1.82) is 0 Å². The van der Waals surface area contributed by atoms with Crippen LogP contribution in [0.4, 0.5) is 0 Å². The first kappa shape index (κ1) is 42.0. The van der Waals surface area contributed by atoms with E-state index in [0.717, 1.165) is 78.4 Å². The quantitative estimate of drug-likeness (QED) is 0.0679. The molecule has 0 aliphatic heterocycles. The summed E-state index contributed by atoms with van der Waals surface area (Å²) < 4.78 is 24.4. The normalized spacial score (nSPS) is 12.3. The molecule has 1 atom stereocenters. The number of hydrogen-bond acceptors (Lipinski definition) is 5. The smallest absolute Gasteiger partial charge is 0.204 e. The van der Waals surface area contributed by atoms with Gasteiger partial charge in [0, 0.05) is 10.8 Å². The molecule has 0 unspecified atom stereocenters. The molecule has 1 heterocycles. The van der Waals surface area contributed by atoms with Crippen molar-refractivity contribution in [1.82, 2.24) is 0 Å². The third kappa shape index (κ3) is 14.0. The molecule has 1 aromatic heterocycles. The summed E-state index contributed by atoms with van der Waals surface area (Å²) in [7, 11) is 5.19. The summed E-state index contributed by atoms with van der Waals surface area (Å²) in [5.41, 5.74) is 3.90. The standard InChI is InChI=1S/C45H74O5/c1-6-8-10-12-13-14-15-16-17-18-19-22-26-30-37-35-40-39-34-33-36(41(47-3)43(39)50-44(40)45(49-5)42(37)48-4)29-25-23-20-24-28-32-38(46)31-27-21-11-9-7-2/h33-35,38,46H,6-32H2,1-5H3/t38-/m1/s1. The van der Waals surface area contributed by atoms with Gasteiger partial charge in [0.1, 0.15) is 0 Å². The van der Waals surface area contributed by atoms with Gasteiger partial charge in [-0.1, -0.05) is 155 Å². The van der Waals surface area contributed by atoms with Crippen LogP contribution < -0.4 is 14.2 Å². The number of methoxy groups -OCH3 is 3. The van der Waals surface area contributed by atoms with Gasteiger partial charge >= 0.3 is 0 Å². The number of ether oxygens (including phenoxy) is 3. The highest BCUT2D eigenvalue weighted by atomic mass is 16.5. The maximum absolute atomic E-state index is 10.3. The zero-order valence-corrected chi connectivity index (χ0v) is 33.0. The van der Waals surface area contributed by atoms with Gasteiger partial charge in [-0.15, -0.1) is 0 Å². The lowest BCUT2D eigenvalue weighted by molar-refractivity contribution is 0.147. The van der Waals surface area contributed by atoms with E-state index in [9.17, 15) is 5.11 Å². The first-order valence-corrected chi connectivity index (χ1v) is 20.9. The van der Waals surface area contributed by atoms with Crippen LogP contribution in [0.5, 0.6) is 17.2 Å². The Hall–Kier alpha value is -2.40. The highest BCUT2D eigenvalue weighted by Gasteiger charge is 2.23. The predicted octanol–water partition coefficient (Wildman–Crippen LogP) is 13.8. The van der Waals surface area contributed by atoms with Crippen LogP contribution in [0.1, 0.15) is 185 Å². The van der Waals surface area contributed by atoms with Crippen molar-refractivity contribution in [3.05, 3.63) is 29.3 Å². The number of unbranched alkanes of at least 4 members (excludes halogenated alkanes) is 20. The highest BCUT2D eigenvalue weighted by molar-refractivity contribution is 6.10. The molecule has 3 aromatic rings. The maximum atomic E-state index is 10.3. The highest BCUT2D eigenvalue weighted by Crippen LogP contribution is 2.46. The summed E-state index contributed by atoms with van der Waals surface area (Å²) in [6.45, 7) is 4.53. The lowest BCUT2D eigenvalue weighted by Gasteiger charge is -2.13. The maximum Gasteiger partial charge on any atom is 0.204 e. The molecular weight excluding hydrogens is 620 g/mol. The van der Waals surface area contributed by atoms with Gasteiger partial charge in [-0.05, 0) is 61.8 Å². The van der Waals surface area contributed by atoms with E-state index in [2.05, 4.69) is 32.0 Å². The number of fused-ring (bicyclic) bond motifs is 3. The van der Waals surface area contributed by atoms with Crippen molar-refractivity contribution in [2.75, 3.05) is 21.3 Å². The van der Waals surface area contributed by atoms with Crippen LogP contribution in [0.25, 0.3) is 21.9 Å². The SMILES string of the molecule is CCCCCCCCCCCCCCCc1cc2c(oc3c(OC)c(CCCCCCC[C@H](O)CCCCCCC)ccc32)c(OC)c1OC. The number of aliphatic hydroxyl groups excluding tert-OH is 1. The predicted molar refractivity (Wildman–Crippen MR) is 214 cm³/mol. The molecule has 0 aliphatic carbocycles. The largest absolute Gasteiger partial charge is 0.493 e. The van der Waals surface area contributed by atoms with Crippen molar-refractivity contribution in [2.24, 2.45) is 0 Å². The third-order valence-corrected chi connectivity index (χ3v) is 10.7. The molecule has 0 aliphatic rings. The van der Waals surface area contributed by atoms with Gasteiger partial charge in [0.05, 0.1) is 27.4 Å². The second-order valence-electron chi connectivity index (χ2n) is 14.9. The minimum absolute atomic E-state index is 0.120. The molecule has 284 valence electrons. The van der Waals surface area contributed by atoms with Gasteiger partial charge in [0.25, 0.3) is 0 Å². The minimum Gasteiger partial charge on any atom is -0.493 e. The van der Waals surface area contributed by atoms with Crippen LogP contribution in [-0.4, -0.2) is 32.5 Å². The molecule has 50 heavy (non-hydrogen) atoms. The molecule has 1 N–H and O–H groups in total. The number of aliphatic hydroxyl groups is 1. The Balaban J connectivity index is 1.49. The van der Waals surface area contributed by atoms with E-state index in [1.807, 2.05) is 0 Å². The molecule has 2 aromatic carbocycles. The Labute approximate surface area is 306 Å². The number of aryl methyl sites for hydroxylation is 2. The first-order valence-electron chi connectivity index (χ1n) is 20.9. The Morgan fingerprint density at radius 3 is 1.38 bits per heavy atom. The molecule has 0 radical (unpaired) electrons. The third-order valence-electron chi connectivity index (χ3n) is 10.7. The second-order valence-corrected chi connectivity index (χ2v) is 14.9. The molecule has 0 saturated carbocycles. The fourth-order valence-electron chi connectivity index (χ4n) is 7.70. The van der Waals surface area contributed by atoms with E-state index in [1.165, 1.54) is 140 Å². The molecular formula is C45H74O5. The summed E-state index contributed by atoms with van der Waals surface area (Å²) in [5, 5.41) is 12.4. The molecule has 0 fully saturated rings. The Morgan fingerprint density at radius 1 is 0.480 bits per heavy atom. The average molecular weight is 695 g/mol. The molecule has 3 rings (SSSR count). The van der Waals surface area contributed by atoms with Crippen molar-refractivity contribution < 1.29 is 23.7 Å². The zero-order valence-electron chi connectivity index (χ0n) is 33.0. The van der Waals surface area contributed by atoms with Crippen LogP contribution >= 0.6 is 0 Å². The Bertz CT molecular complexity index is 1310. The van der Waals surface area contributed by atoms with Gasteiger partial charge in [-0.25, -0.2) is 0 Å². The number of furan rings is 1.